The Morgan fingerprint density at radius 1 is 1.50 bits per heavy atom. The van der Waals surface area contributed by atoms with Gasteiger partial charge in [0.25, 0.3) is 0 Å². The average molecular weight is 134 g/mol. The van der Waals surface area contributed by atoms with Gasteiger partial charge in [-0.05, 0) is 0 Å². The topological polar surface area (TPSA) is 50.2 Å². The first-order valence-electron chi connectivity index (χ1n) is 3.03. The molecule has 1 aromatic heterocycles. The van der Waals surface area contributed by atoms with E-state index in [4.69, 9.17) is 0 Å². The van der Waals surface area contributed by atoms with Gasteiger partial charge >= 0.3 is 0 Å². The normalized spacial score (nSPS) is 14.0. The van der Waals surface area contributed by atoms with Gasteiger partial charge in [-0.15, -0.1) is 0 Å². The van der Waals surface area contributed by atoms with Crippen molar-refractivity contribution in [1.29, 1.82) is 0 Å². The van der Waals surface area contributed by atoms with E-state index < -0.39 is 0 Å². The molecule has 0 aromatic carbocycles. The summed E-state index contributed by atoms with van der Waals surface area (Å²) in [5.41, 5.74) is 0.907. The molecule has 1 aliphatic heterocycles. The lowest BCUT2D eigenvalue weighted by Crippen LogP contribution is -2.07. The molecule has 1 N–H and O–H groups in total. The predicted octanol–water partition coefficient (Wildman–Crippen LogP) is 0.604. The van der Waals surface area contributed by atoms with E-state index in [2.05, 4.69) is 20.3 Å². The molecule has 1 aromatic rings. The van der Waals surface area contributed by atoms with Gasteiger partial charge in [-0.3, -0.25) is 0 Å². The summed E-state index contributed by atoms with van der Waals surface area (Å²) < 4.78 is 0. The van der Waals surface area contributed by atoms with Crippen molar-refractivity contribution in [3.8, 4) is 0 Å². The fraction of sp³-hybridized carbons (Fsp3) is 0.167. The molecule has 10 heavy (non-hydrogen) atoms. The third-order valence-corrected chi connectivity index (χ3v) is 1.29. The monoisotopic (exact) mass is 134 g/mol. The molecule has 50 valence electrons. The van der Waals surface area contributed by atoms with Gasteiger partial charge in [-0.2, -0.15) is 0 Å². The molecule has 0 bridgehead atoms. The number of rotatable bonds is 0. The van der Waals surface area contributed by atoms with Gasteiger partial charge in [-0.25, -0.2) is 15.0 Å². The smallest absolute Gasteiger partial charge is 0.178 e. The molecule has 0 aliphatic carbocycles. The molecule has 0 spiro atoms. The molecule has 4 nitrogen and oxygen atoms in total. The van der Waals surface area contributed by atoms with Gasteiger partial charge in [0.2, 0.25) is 0 Å². The van der Waals surface area contributed by atoms with Crippen molar-refractivity contribution in [2.75, 3.05) is 11.9 Å². The summed E-state index contributed by atoms with van der Waals surface area (Å²) in [5, 5.41) is 3.09. The number of nitrogens with zero attached hydrogens (tertiary/aromatic N) is 3. The van der Waals surface area contributed by atoms with Crippen LogP contribution in [0.15, 0.2) is 17.5 Å². The van der Waals surface area contributed by atoms with Crippen molar-refractivity contribution in [2.24, 2.45) is 4.99 Å². The maximum atomic E-state index is 4.05. The number of hydrogen-bond donors (Lipinski definition) is 1. The zero-order chi connectivity index (χ0) is 6.81. The van der Waals surface area contributed by atoms with Crippen LogP contribution in [-0.2, 0) is 0 Å². The molecule has 1 aliphatic rings. The van der Waals surface area contributed by atoms with Gasteiger partial charge in [0, 0.05) is 6.21 Å². The van der Waals surface area contributed by atoms with Crippen LogP contribution in [0.25, 0.3) is 0 Å². The summed E-state index contributed by atoms with van der Waals surface area (Å²) >= 11 is 0. The fourth-order valence-electron chi connectivity index (χ4n) is 0.838. The Labute approximate surface area is 58.0 Å². The van der Waals surface area contributed by atoms with Gasteiger partial charge in [0.1, 0.15) is 6.33 Å². The molecule has 0 radical (unpaired) electrons. The third-order valence-electron chi connectivity index (χ3n) is 1.29. The molecule has 4 heteroatoms. The minimum Gasteiger partial charge on any atom is -0.376 e. The zero-order valence-electron chi connectivity index (χ0n) is 5.28. The Balaban J connectivity index is 2.54. The van der Waals surface area contributed by atoms with Crippen LogP contribution in [0, 0.1) is 0 Å². The van der Waals surface area contributed by atoms with E-state index in [0.717, 1.165) is 18.1 Å². The molecule has 2 rings (SSSR count). The SMILES string of the molecule is C1=Nc2ncncc2NC1. The maximum Gasteiger partial charge on any atom is 0.178 e. The molecule has 0 unspecified atom stereocenters. The van der Waals surface area contributed by atoms with E-state index in [9.17, 15) is 0 Å². The highest BCUT2D eigenvalue weighted by atomic mass is 15.0. The van der Waals surface area contributed by atoms with Crippen LogP contribution in [-0.4, -0.2) is 22.7 Å². The predicted molar refractivity (Wildman–Crippen MR) is 38.7 cm³/mol. The highest BCUT2D eigenvalue weighted by Crippen LogP contribution is 2.20. The van der Waals surface area contributed by atoms with Crippen molar-refractivity contribution in [3.63, 3.8) is 0 Å². The minimum absolute atomic E-state index is 0.723. The van der Waals surface area contributed by atoms with Crippen molar-refractivity contribution >= 4 is 17.7 Å². The minimum atomic E-state index is 0.723. The number of hydrogen-bond acceptors (Lipinski definition) is 4. The van der Waals surface area contributed by atoms with E-state index in [0.29, 0.717) is 0 Å². The van der Waals surface area contributed by atoms with Gasteiger partial charge in [0.15, 0.2) is 5.82 Å². The van der Waals surface area contributed by atoms with Crippen LogP contribution in [0.4, 0.5) is 11.5 Å². The largest absolute Gasteiger partial charge is 0.376 e. The van der Waals surface area contributed by atoms with Gasteiger partial charge < -0.3 is 5.32 Å². The van der Waals surface area contributed by atoms with Crippen molar-refractivity contribution in [3.05, 3.63) is 12.5 Å². The fourth-order valence-corrected chi connectivity index (χ4v) is 0.838. The number of anilines is 1. The average Bonchev–Trinajstić information content (AvgIpc) is 2.05. The Morgan fingerprint density at radius 2 is 2.50 bits per heavy atom. The third kappa shape index (κ3) is 0.737. The standard InChI is InChI=1S/C6H6N4/c1-2-9-6-5(8-1)3-7-4-10-6/h2-4,8H,1H2. The summed E-state index contributed by atoms with van der Waals surface area (Å²) in [6.45, 7) is 0.764. The summed E-state index contributed by atoms with van der Waals surface area (Å²) in [7, 11) is 0. The van der Waals surface area contributed by atoms with E-state index >= 15 is 0 Å². The van der Waals surface area contributed by atoms with Crippen molar-refractivity contribution < 1.29 is 0 Å². The first-order chi connectivity index (χ1) is 4.97. The molecule has 0 atom stereocenters. The van der Waals surface area contributed by atoms with E-state index in [-0.39, 0.29) is 0 Å². The van der Waals surface area contributed by atoms with Crippen LogP contribution >= 0.6 is 0 Å². The van der Waals surface area contributed by atoms with E-state index in [1.54, 1.807) is 12.4 Å². The van der Waals surface area contributed by atoms with Gasteiger partial charge in [0.05, 0.1) is 18.4 Å². The van der Waals surface area contributed by atoms with Crippen LogP contribution in [0.1, 0.15) is 0 Å². The Bertz CT molecular complexity index is 268. The Morgan fingerprint density at radius 3 is 3.40 bits per heavy atom. The van der Waals surface area contributed by atoms with E-state index in [1.807, 2.05) is 0 Å². The summed E-state index contributed by atoms with van der Waals surface area (Å²) in [6.07, 6.45) is 5.00. The van der Waals surface area contributed by atoms with Crippen LogP contribution in [0.5, 0.6) is 0 Å². The summed E-state index contributed by atoms with van der Waals surface area (Å²) in [4.78, 5) is 11.9. The molecule has 0 fully saturated rings. The Hall–Kier alpha value is -1.45. The first-order valence-corrected chi connectivity index (χ1v) is 3.03. The van der Waals surface area contributed by atoms with Crippen LogP contribution in [0.2, 0.25) is 0 Å². The zero-order valence-corrected chi connectivity index (χ0v) is 5.28. The van der Waals surface area contributed by atoms with Gasteiger partial charge in [-0.1, -0.05) is 0 Å². The lowest BCUT2D eigenvalue weighted by molar-refractivity contribution is 1.13. The summed E-state index contributed by atoms with van der Waals surface area (Å²) in [5.74, 6) is 0.723. The Kier molecular flexibility index (Phi) is 1.10. The van der Waals surface area contributed by atoms with Crippen LogP contribution in [0.3, 0.4) is 0 Å². The highest BCUT2D eigenvalue weighted by Gasteiger charge is 2.02. The highest BCUT2D eigenvalue weighted by molar-refractivity contribution is 5.77. The molecule has 0 saturated heterocycles. The molecule has 0 saturated carbocycles. The number of aromatic nitrogens is 2. The lowest BCUT2D eigenvalue weighted by Gasteiger charge is -2.08. The first kappa shape index (κ1) is 5.34. The van der Waals surface area contributed by atoms with Crippen molar-refractivity contribution in [2.45, 2.75) is 0 Å². The quantitative estimate of drug-likeness (QED) is 0.565. The molecular weight excluding hydrogens is 128 g/mol. The second-order valence-electron chi connectivity index (χ2n) is 1.95. The molecular formula is C6H6N4. The number of fused-ring (bicyclic) bond motifs is 1. The second kappa shape index (κ2) is 2.06. The number of aliphatic imine (C=N–C) groups is 1. The summed E-state index contributed by atoms with van der Waals surface area (Å²) in [6, 6.07) is 0. The van der Waals surface area contributed by atoms with Crippen molar-refractivity contribution in [1.82, 2.24) is 9.97 Å². The lowest BCUT2D eigenvalue weighted by atomic mass is 10.4. The van der Waals surface area contributed by atoms with E-state index in [1.165, 1.54) is 6.33 Å². The molecule has 0 amide bonds. The number of nitrogens with one attached hydrogen (secondary N) is 1. The second-order valence-corrected chi connectivity index (χ2v) is 1.95. The molecule has 2 heterocycles. The van der Waals surface area contributed by atoms with Crippen LogP contribution < -0.4 is 5.32 Å². The maximum absolute atomic E-state index is 4.05.